The Balaban J connectivity index is 1.50. The fraction of sp³-hybridized carbons (Fsp3) is 0.429. The second-order valence-corrected chi connectivity index (χ2v) is 7.57. The Hall–Kier alpha value is -3.36. The quantitative estimate of drug-likeness (QED) is 0.780. The number of aromatic nitrogens is 2. The molecular formula is C21H25N5O4. The first-order valence-corrected chi connectivity index (χ1v) is 10.1. The van der Waals surface area contributed by atoms with Crippen LogP contribution >= 0.6 is 0 Å². The van der Waals surface area contributed by atoms with E-state index in [2.05, 4.69) is 10.4 Å². The van der Waals surface area contributed by atoms with E-state index in [0.29, 0.717) is 36.5 Å². The predicted molar refractivity (Wildman–Crippen MR) is 109 cm³/mol. The van der Waals surface area contributed by atoms with Gasteiger partial charge >= 0.3 is 12.0 Å². The molecule has 3 amide bonds. The predicted octanol–water partition coefficient (Wildman–Crippen LogP) is 2.03. The summed E-state index contributed by atoms with van der Waals surface area (Å²) in [6.07, 6.45) is 2.65. The molecule has 0 atom stereocenters. The SMILES string of the molecule is COC(=O)c1cccc(NC(=O)N2CCc3c(c(C(=O)N4CCCC4)nn3C)C2)c1. The molecule has 0 aliphatic carbocycles. The monoisotopic (exact) mass is 411 g/mol. The van der Waals surface area contributed by atoms with Crippen LogP contribution in [-0.2, 0) is 24.8 Å². The zero-order valence-electron chi connectivity index (χ0n) is 17.2. The number of esters is 1. The zero-order valence-corrected chi connectivity index (χ0v) is 17.2. The highest BCUT2D eigenvalue weighted by Crippen LogP contribution is 2.25. The van der Waals surface area contributed by atoms with Gasteiger partial charge in [-0.15, -0.1) is 0 Å². The lowest BCUT2D eigenvalue weighted by atomic mass is 10.0. The standard InChI is InChI=1S/C21H25N5O4/c1-24-17-8-11-26(13-16(17)18(23-24)19(27)25-9-3-4-10-25)21(29)22-15-7-5-6-14(12-15)20(28)30-2/h5-7,12H,3-4,8-11,13H2,1-2H3,(H,22,29). The number of fused-ring (bicyclic) bond motifs is 1. The van der Waals surface area contributed by atoms with E-state index in [0.717, 1.165) is 37.2 Å². The first-order chi connectivity index (χ1) is 14.5. The van der Waals surface area contributed by atoms with Crippen LogP contribution in [0, 0.1) is 0 Å². The highest BCUT2D eigenvalue weighted by Gasteiger charge is 2.32. The van der Waals surface area contributed by atoms with Crippen LogP contribution in [0.15, 0.2) is 24.3 Å². The maximum Gasteiger partial charge on any atom is 0.337 e. The van der Waals surface area contributed by atoms with Crippen LogP contribution in [0.1, 0.15) is 44.9 Å². The molecule has 1 fully saturated rings. The van der Waals surface area contributed by atoms with E-state index >= 15 is 0 Å². The van der Waals surface area contributed by atoms with Crippen LogP contribution in [0.25, 0.3) is 0 Å². The van der Waals surface area contributed by atoms with E-state index in [-0.39, 0.29) is 11.9 Å². The van der Waals surface area contributed by atoms with Gasteiger partial charge in [0.1, 0.15) is 0 Å². The van der Waals surface area contributed by atoms with E-state index in [1.807, 2.05) is 11.9 Å². The van der Waals surface area contributed by atoms with Crippen molar-refractivity contribution in [2.75, 3.05) is 32.1 Å². The number of likely N-dealkylation sites (tertiary alicyclic amines) is 1. The van der Waals surface area contributed by atoms with Crippen molar-refractivity contribution in [3.63, 3.8) is 0 Å². The molecule has 0 bridgehead atoms. The second-order valence-electron chi connectivity index (χ2n) is 7.57. The summed E-state index contributed by atoms with van der Waals surface area (Å²) in [7, 11) is 3.15. The number of anilines is 1. The second kappa shape index (κ2) is 8.17. The number of carbonyl (C=O) groups is 3. The zero-order chi connectivity index (χ0) is 21.3. The van der Waals surface area contributed by atoms with Crippen molar-refractivity contribution in [2.45, 2.75) is 25.8 Å². The van der Waals surface area contributed by atoms with E-state index in [1.165, 1.54) is 7.11 Å². The molecule has 1 aromatic carbocycles. The number of urea groups is 1. The van der Waals surface area contributed by atoms with Crippen molar-refractivity contribution in [2.24, 2.45) is 7.05 Å². The first-order valence-electron chi connectivity index (χ1n) is 10.1. The Labute approximate surface area is 174 Å². The average molecular weight is 411 g/mol. The third-order valence-electron chi connectivity index (χ3n) is 5.66. The summed E-state index contributed by atoms with van der Waals surface area (Å²) in [5.74, 6) is -0.522. The van der Waals surface area contributed by atoms with Crippen molar-refractivity contribution in [1.82, 2.24) is 19.6 Å². The van der Waals surface area contributed by atoms with Crippen LogP contribution < -0.4 is 5.32 Å². The maximum atomic E-state index is 12.9. The topological polar surface area (TPSA) is 96.8 Å². The van der Waals surface area contributed by atoms with Crippen molar-refractivity contribution < 1.29 is 19.1 Å². The van der Waals surface area contributed by atoms with E-state index < -0.39 is 5.97 Å². The molecule has 1 N–H and O–H groups in total. The molecule has 0 radical (unpaired) electrons. The highest BCUT2D eigenvalue weighted by atomic mass is 16.5. The van der Waals surface area contributed by atoms with Gasteiger partial charge in [0.2, 0.25) is 0 Å². The minimum Gasteiger partial charge on any atom is -0.465 e. The van der Waals surface area contributed by atoms with Crippen molar-refractivity contribution >= 4 is 23.6 Å². The number of ether oxygens (including phenoxy) is 1. The summed E-state index contributed by atoms with van der Waals surface area (Å²) >= 11 is 0. The number of carbonyl (C=O) groups excluding carboxylic acids is 3. The third-order valence-corrected chi connectivity index (χ3v) is 5.66. The Morgan fingerprint density at radius 2 is 1.87 bits per heavy atom. The van der Waals surface area contributed by atoms with Crippen LogP contribution in [0.5, 0.6) is 0 Å². The molecule has 3 heterocycles. The molecule has 9 heteroatoms. The Kier molecular flexibility index (Phi) is 5.43. The number of methoxy groups -OCH3 is 1. The van der Waals surface area contributed by atoms with Gasteiger partial charge in [-0.25, -0.2) is 9.59 Å². The fourth-order valence-electron chi connectivity index (χ4n) is 4.05. The number of amides is 3. The molecular weight excluding hydrogens is 386 g/mol. The number of nitrogens with zero attached hydrogens (tertiary/aromatic N) is 4. The molecule has 2 aliphatic heterocycles. The number of hydrogen-bond acceptors (Lipinski definition) is 5. The smallest absolute Gasteiger partial charge is 0.337 e. The fourth-order valence-corrected chi connectivity index (χ4v) is 4.05. The molecule has 9 nitrogen and oxygen atoms in total. The lowest BCUT2D eigenvalue weighted by molar-refractivity contribution is 0.0600. The summed E-state index contributed by atoms with van der Waals surface area (Å²) in [6, 6.07) is 6.31. The van der Waals surface area contributed by atoms with Gasteiger partial charge < -0.3 is 19.9 Å². The molecule has 1 saturated heterocycles. The minimum absolute atomic E-state index is 0.0580. The van der Waals surface area contributed by atoms with Crippen molar-refractivity contribution in [3.8, 4) is 0 Å². The summed E-state index contributed by atoms with van der Waals surface area (Å²) in [4.78, 5) is 41.0. The normalized spacial score (nSPS) is 15.7. The highest BCUT2D eigenvalue weighted by molar-refractivity contribution is 5.96. The van der Waals surface area contributed by atoms with Crippen LogP contribution in [-0.4, -0.2) is 64.2 Å². The summed E-state index contributed by atoms with van der Waals surface area (Å²) in [5.41, 5.74) is 3.13. The summed E-state index contributed by atoms with van der Waals surface area (Å²) < 4.78 is 6.48. The van der Waals surface area contributed by atoms with Gasteiger partial charge in [0.05, 0.1) is 19.2 Å². The van der Waals surface area contributed by atoms with E-state index in [9.17, 15) is 14.4 Å². The molecule has 1 aromatic heterocycles. The molecule has 30 heavy (non-hydrogen) atoms. The van der Waals surface area contributed by atoms with Crippen molar-refractivity contribution in [1.29, 1.82) is 0 Å². The average Bonchev–Trinajstić information content (AvgIpc) is 3.41. The maximum absolute atomic E-state index is 12.9. The molecule has 0 unspecified atom stereocenters. The molecule has 0 spiro atoms. The number of nitrogens with one attached hydrogen (secondary N) is 1. The van der Waals surface area contributed by atoms with Crippen LogP contribution in [0.3, 0.4) is 0 Å². The van der Waals surface area contributed by atoms with E-state index in [4.69, 9.17) is 4.74 Å². The lowest BCUT2D eigenvalue weighted by Crippen LogP contribution is -2.40. The Morgan fingerprint density at radius 3 is 2.60 bits per heavy atom. The van der Waals surface area contributed by atoms with Gasteiger partial charge in [-0.2, -0.15) is 5.10 Å². The van der Waals surface area contributed by atoms with Gasteiger partial charge in [0, 0.05) is 50.0 Å². The molecule has 0 saturated carbocycles. The Morgan fingerprint density at radius 1 is 1.10 bits per heavy atom. The van der Waals surface area contributed by atoms with Crippen molar-refractivity contribution in [3.05, 3.63) is 46.8 Å². The number of aryl methyl sites for hydroxylation is 1. The minimum atomic E-state index is -0.464. The third kappa shape index (κ3) is 3.74. The molecule has 2 aromatic rings. The largest absolute Gasteiger partial charge is 0.465 e. The van der Waals surface area contributed by atoms with E-state index in [1.54, 1.807) is 33.8 Å². The summed E-state index contributed by atoms with van der Waals surface area (Å²) in [5, 5.41) is 7.30. The van der Waals surface area contributed by atoms with Gasteiger partial charge in [-0.1, -0.05) is 6.07 Å². The van der Waals surface area contributed by atoms with Gasteiger partial charge in [0.25, 0.3) is 5.91 Å². The molecule has 2 aliphatic rings. The number of hydrogen-bond donors (Lipinski definition) is 1. The van der Waals surface area contributed by atoms with Crippen LogP contribution in [0.2, 0.25) is 0 Å². The van der Waals surface area contributed by atoms with Gasteiger partial charge in [-0.05, 0) is 31.0 Å². The molecule has 4 rings (SSSR count). The van der Waals surface area contributed by atoms with Crippen LogP contribution in [0.4, 0.5) is 10.5 Å². The summed E-state index contributed by atoms with van der Waals surface area (Å²) in [6.45, 7) is 2.35. The molecule has 158 valence electrons. The van der Waals surface area contributed by atoms with Gasteiger partial charge in [-0.3, -0.25) is 9.48 Å². The number of benzene rings is 1. The first kappa shape index (κ1) is 19.9. The number of rotatable bonds is 3. The Bertz CT molecular complexity index is 993. The van der Waals surface area contributed by atoms with Gasteiger partial charge in [0.15, 0.2) is 5.69 Å². The lowest BCUT2D eigenvalue weighted by Gasteiger charge is -2.28.